The first-order valence-corrected chi connectivity index (χ1v) is 10.6. The normalized spacial score (nSPS) is 25.9. The first-order valence-electron chi connectivity index (χ1n) is 9.73. The number of hydrogen-bond donors (Lipinski definition) is 2. The molecule has 3 rings (SSSR count). The smallest absolute Gasteiger partial charge is 0.330 e. The third-order valence-electron chi connectivity index (χ3n) is 5.53. The van der Waals surface area contributed by atoms with Crippen molar-refractivity contribution < 1.29 is 29.3 Å². The molecule has 7 nitrogen and oxygen atoms in total. The van der Waals surface area contributed by atoms with E-state index in [2.05, 4.69) is 6.58 Å². The quantitative estimate of drug-likeness (QED) is 0.293. The van der Waals surface area contributed by atoms with Crippen LogP contribution in [0.15, 0.2) is 36.9 Å². The molecule has 1 amide bonds. The van der Waals surface area contributed by atoms with Gasteiger partial charge < -0.3 is 19.8 Å². The van der Waals surface area contributed by atoms with E-state index in [1.165, 1.54) is 34.9 Å². The van der Waals surface area contributed by atoms with E-state index in [1.807, 2.05) is 13.8 Å². The largest absolute Gasteiger partial charge is 0.460 e. The van der Waals surface area contributed by atoms with Crippen molar-refractivity contribution in [3.63, 3.8) is 0 Å². The van der Waals surface area contributed by atoms with Gasteiger partial charge in [0.25, 0.3) is 0 Å². The Bertz CT molecular complexity index is 873. The van der Waals surface area contributed by atoms with Crippen molar-refractivity contribution in [1.82, 2.24) is 4.90 Å². The first kappa shape index (κ1) is 22.5. The lowest BCUT2D eigenvalue weighted by Crippen LogP contribution is -2.66. The maximum absolute atomic E-state index is 12.8. The number of carbonyl (C=O) groups is 3. The van der Waals surface area contributed by atoms with E-state index in [0.717, 1.165) is 0 Å². The van der Waals surface area contributed by atoms with Gasteiger partial charge in [-0.2, -0.15) is 0 Å². The minimum absolute atomic E-state index is 0.0496. The van der Waals surface area contributed by atoms with Crippen LogP contribution in [0.4, 0.5) is 0 Å². The van der Waals surface area contributed by atoms with Crippen LogP contribution in [0.5, 0.6) is 0 Å². The number of amides is 1. The van der Waals surface area contributed by atoms with Crippen LogP contribution in [0.2, 0.25) is 0 Å². The Labute approximate surface area is 180 Å². The predicted molar refractivity (Wildman–Crippen MR) is 113 cm³/mol. The van der Waals surface area contributed by atoms with E-state index in [-0.39, 0.29) is 12.2 Å². The van der Waals surface area contributed by atoms with Crippen molar-refractivity contribution >= 4 is 29.4 Å². The number of ether oxygens (including phenoxy) is 1. The molecule has 8 heteroatoms. The van der Waals surface area contributed by atoms with Crippen molar-refractivity contribution in [2.24, 2.45) is 5.92 Å². The van der Waals surface area contributed by atoms with Crippen LogP contribution in [0.1, 0.15) is 43.6 Å². The molecule has 0 aromatic heterocycles. The second kappa shape index (κ2) is 7.83. The fourth-order valence-electron chi connectivity index (χ4n) is 3.91. The third-order valence-corrected chi connectivity index (χ3v) is 7.13. The number of benzene rings is 1. The number of esters is 1. The maximum Gasteiger partial charge on any atom is 0.330 e. The van der Waals surface area contributed by atoms with E-state index in [9.17, 15) is 24.6 Å². The third kappa shape index (κ3) is 3.79. The Hall–Kier alpha value is -2.16. The zero-order valence-corrected chi connectivity index (χ0v) is 18.3. The molecule has 0 saturated carbocycles. The standard InChI is InChI=1S/C22H27NO6S/c1-6-11-29-20(27)17-22(4,5)30-19-14(18(26)23(17)19)16(25)15(24)12-7-9-13(10-8-12)21(2,3)28/h6-10,14,16-17,19,25,28H,1,11H2,2-5H3/t14-,16+,17+,19-/m1/s1. The Kier molecular flexibility index (Phi) is 5.88. The molecular formula is C22H27NO6S. The van der Waals surface area contributed by atoms with E-state index in [0.29, 0.717) is 5.56 Å². The van der Waals surface area contributed by atoms with Crippen molar-refractivity contribution in [1.29, 1.82) is 0 Å². The molecule has 4 atom stereocenters. The second-order valence-electron chi connectivity index (χ2n) is 8.65. The van der Waals surface area contributed by atoms with Crippen LogP contribution in [0, 0.1) is 5.92 Å². The van der Waals surface area contributed by atoms with Gasteiger partial charge in [-0.1, -0.05) is 36.9 Å². The maximum atomic E-state index is 12.8. The molecule has 0 radical (unpaired) electrons. The fourth-order valence-corrected chi connectivity index (χ4v) is 5.62. The average Bonchev–Trinajstić information content (AvgIpc) is 2.92. The number of carbonyl (C=O) groups excluding carboxylic acids is 3. The van der Waals surface area contributed by atoms with Gasteiger partial charge in [0, 0.05) is 10.3 Å². The molecule has 2 heterocycles. The minimum Gasteiger partial charge on any atom is -0.460 e. The number of rotatable bonds is 7. The number of fused-ring (bicyclic) bond motifs is 1. The van der Waals surface area contributed by atoms with Gasteiger partial charge in [0.05, 0.1) is 11.0 Å². The van der Waals surface area contributed by atoms with Crippen molar-refractivity contribution in [3.05, 3.63) is 48.0 Å². The van der Waals surface area contributed by atoms with Crippen LogP contribution in [-0.2, 0) is 19.9 Å². The molecule has 2 aliphatic rings. The van der Waals surface area contributed by atoms with Crippen LogP contribution in [0.3, 0.4) is 0 Å². The van der Waals surface area contributed by atoms with Gasteiger partial charge in [-0.25, -0.2) is 4.79 Å². The molecule has 1 aromatic rings. The van der Waals surface area contributed by atoms with Gasteiger partial charge >= 0.3 is 5.97 Å². The van der Waals surface area contributed by atoms with Crippen molar-refractivity contribution in [2.45, 2.75) is 55.6 Å². The summed E-state index contributed by atoms with van der Waals surface area (Å²) in [4.78, 5) is 39.5. The van der Waals surface area contributed by atoms with Gasteiger partial charge in [-0.05, 0) is 33.3 Å². The average molecular weight is 434 g/mol. The lowest BCUT2D eigenvalue weighted by Gasteiger charge is -2.45. The Morgan fingerprint density at radius 2 is 1.93 bits per heavy atom. The summed E-state index contributed by atoms with van der Waals surface area (Å²) in [6.07, 6.45) is -0.0606. The van der Waals surface area contributed by atoms with Gasteiger partial charge in [-0.3, -0.25) is 9.59 Å². The van der Waals surface area contributed by atoms with Gasteiger partial charge in [-0.15, -0.1) is 11.8 Å². The molecule has 2 aliphatic heterocycles. The summed E-state index contributed by atoms with van der Waals surface area (Å²) in [5, 5.41) is 20.2. The van der Waals surface area contributed by atoms with Crippen LogP contribution in [0.25, 0.3) is 0 Å². The number of aliphatic hydroxyl groups is 2. The molecule has 0 bridgehead atoms. The molecular weight excluding hydrogens is 406 g/mol. The highest BCUT2D eigenvalue weighted by Gasteiger charge is 2.66. The summed E-state index contributed by atoms with van der Waals surface area (Å²) >= 11 is 1.38. The van der Waals surface area contributed by atoms with E-state index < -0.39 is 51.4 Å². The number of hydrogen-bond acceptors (Lipinski definition) is 7. The Morgan fingerprint density at radius 3 is 2.47 bits per heavy atom. The summed E-state index contributed by atoms with van der Waals surface area (Å²) in [6.45, 7) is 10.5. The first-order chi connectivity index (χ1) is 13.9. The lowest BCUT2D eigenvalue weighted by molar-refractivity contribution is -0.169. The van der Waals surface area contributed by atoms with Crippen LogP contribution < -0.4 is 0 Å². The number of thioether (sulfide) groups is 1. The molecule has 0 aliphatic carbocycles. The monoisotopic (exact) mass is 433 g/mol. The number of ketones is 1. The number of nitrogens with zero attached hydrogens (tertiary/aromatic N) is 1. The molecule has 1 aromatic carbocycles. The highest BCUT2D eigenvalue weighted by Crippen LogP contribution is 2.54. The summed E-state index contributed by atoms with van der Waals surface area (Å²) in [5.41, 5.74) is -0.161. The fraction of sp³-hybridized carbons (Fsp3) is 0.500. The molecule has 0 spiro atoms. The van der Waals surface area contributed by atoms with Crippen LogP contribution in [-0.4, -0.2) is 61.6 Å². The van der Waals surface area contributed by atoms with Crippen molar-refractivity contribution in [3.8, 4) is 0 Å². The highest BCUT2D eigenvalue weighted by molar-refractivity contribution is 8.01. The Balaban J connectivity index is 1.76. The van der Waals surface area contributed by atoms with Gasteiger partial charge in [0.2, 0.25) is 5.91 Å². The number of aliphatic hydroxyl groups excluding tert-OH is 1. The molecule has 2 N–H and O–H groups in total. The number of Topliss-reactive ketones (excluding diaryl/α,β-unsaturated/α-hetero) is 1. The zero-order valence-electron chi connectivity index (χ0n) is 17.5. The van der Waals surface area contributed by atoms with Crippen LogP contribution >= 0.6 is 11.8 Å². The van der Waals surface area contributed by atoms with Gasteiger partial charge in [0.1, 0.15) is 24.7 Å². The van der Waals surface area contributed by atoms with E-state index >= 15 is 0 Å². The highest BCUT2D eigenvalue weighted by atomic mass is 32.2. The van der Waals surface area contributed by atoms with E-state index in [4.69, 9.17) is 4.74 Å². The number of β-lactam (4-membered cyclic amide) rings is 1. The van der Waals surface area contributed by atoms with E-state index in [1.54, 1.807) is 26.0 Å². The minimum atomic E-state index is -1.52. The summed E-state index contributed by atoms with van der Waals surface area (Å²) in [6, 6.07) is 5.51. The summed E-state index contributed by atoms with van der Waals surface area (Å²) in [5.74, 6) is -2.45. The zero-order chi connectivity index (χ0) is 22.4. The summed E-state index contributed by atoms with van der Waals surface area (Å²) < 4.78 is 4.53. The lowest BCUT2D eigenvalue weighted by atomic mass is 9.84. The molecule has 30 heavy (non-hydrogen) atoms. The van der Waals surface area contributed by atoms with Crippen molar-refractivity contribution in [2.75, 3.05) is 6.61 Å². The molecule has 0 unspecified atom stereocenters. The molecule has 162 valence electrons. The SMILES string of the molecule is C=CCOC(=O)[C@@H]1N2C(=O)[C@@H]([C@H](O)C(=O)c3ccc(C(C)(C)O)cc3)[C@H]2SC1(C)C. The molecule has 2 fully saturated rings. The Morgan fingerprint density at radius 1 is 1.33 bits per heavy atom. The molecule has 2 saturated heterocycles. The van der Waals surface area contributed by atoms with Gasteiger partial charge in [0.15, 0.2) is 5.78 Å². The summed E-state index contributed by atoms with van der Waals surface area (Å²) in [7, 11) is 0. The predicted octanol–water partition coefficient (Wildman–Crippen LogP) is 1.87. The second-order valence-corrected chi connectivity index (χ2v) is 10.4. The topological polar surface area (TPSA) is 104 Å².